The van der Waals surface area contributed by atoms with Gasteiger partial charge in [-0.15, -0.1) is 0 Å². The van der Waals surface area contributed by atoms with Crippen LogP contribution < -0.4 is 0 Å². The van der Waals surface area contributed by atoms with Gasteiger partial charge in [-0.25, -0.2) is 26.3 Å². The van der Waals surface area contributed by atoms with Gasteiger partial charge in [-0.2, -0.15) is 0 Å². The van der Waals surface area contributed by atoms with Crippen molar-refractivity contribution in [2.75, 3.05) is 0 Å². The molecule has 0 aliphatic rings. The van der Waals surface area contributed by atoms with Crippen molar-refractivity contribution in [2.45, 2.75) is 218 Å². The fraction of sp³-hybridized carbons (Fsp3) is 0.440. The van der Waals surface area contributed by atoms with Crippen LogP contribution in [-0.4, -0.2) is 0 Å². The molecule has 7 aromatic carbocycles. The zero-order chi connectivity index (χ0) is 67.2. The van der Waals surface area contributed by atoms with Crippen molar-refractivity contribution < 1.29 is 26.3 Å². The Balaban J connectivity index is 0.000000502. The van der Waals surface area contributed by atoms with Gasteiger partial charge in [0.25, 0.3) is 0 Å². The standard InChI is InChI=1S/C11H14ClF.2C11H15Cl.C11H14F2.C11H16.C10H11ClF2.C10H12ClF/c1-7-5-6-8(12)10(13)9(7)11(2,3)4;2*1-8-5-6-9(12)7-10(8)11(2,3)4;1-7-5-8(12)10(9(13)6-7)11(2,3)4;1-9-5-7-10(8-6-9)11(2,3)4;1-10(2,3)8-7(12)5-4-6(11)9(8)13;1-10(2,3)7-5-4-6-8(11)9(7)12/h5-6H,1-4H3;2*5-7H,1-4H3;5-6H,1-4H3;5-8H,1-4H3;4-5H,1-3H3;4-6H,1-3H3. The van der Waals surface area contributed by atoms with Crippen LogP contribution in [0.4, 0.5) is 26.3 Å². The highest BCUT2D eigenvalue weighted by atomic mass is 35.5. The molecule has 11 heteroatoms. The van der Waals surface area contributed by atoms with Gasteiger partial charge >= 0.3 is 0 Å². The summed E-state index contributed by atoms with van der Waals surface area (Å²) in [6, 6.07) is 34.6. The first-order valence-electron chi connectivity index (χ1n) is 28.8. The fourth-order valence-corrected chi connectivity index (χ4v) is 9.97. The molecule has 0 radical (unpaired) electrons. The third-order valence-electron chi connectivity index (χ3n) is 13.5. The molecule has 0 atom stereocenters. The molecule has 0 bridgehead atoms. The highest BCUT2D eigenvalue weighted by Crippen LogP contribution is 2.35. The van der Waals surface area contributed by atoms with Gasteiger partial charge in [0, 0.05) is 21.2 Å². The minimum Gasteiger partial charge on any atom is -0.207 e. The molecule has 0 aromatic heterocycles. The van der Waals surface area contributed by atoms with Crippen molar-refractivity contribution in [3.8, 4) is 0 Å². The maximum atomic E-state index is 13.6. The van der Waals surface area contributed by atoms with Gasteiger partial charge in [0.05, 0.1) is 15.1 Å². The smallest absolute Gasteiger partial charge is 0.148 e. The van der Waals surface area contributed by atoms with Crippen LogP contribution in [-0.2, 0) is 37.9 Å². The Morgan fingerprint density at radius 2 is 0.616 bits per heavy atom. The zero-order valence-electron chi connectivity index (χ0n) is 56.1. The first-order valence-corrected chi connectivity index (χ1v) is 30.7. The number of halogens is 11. The van der Waals surface area contributed by atoms with E-state index in [1.54, 1.807) is 72.7 Å². The average molecular weight is 1290 g/mol. The van der Waals surface area contributed by atoms with Gasteiger partial charge in [0.2, 0.25) is 0 Å². The van der Waals surface area contributed by atoms with Gasteiger partial charge in [-0.3, -0.25) is 0 Å². The summed E-state index contributed by atoms with van der Waals surface area (Å²) in [7, 11) is 0. The molecule has 0 unspecified atom stereocenters. The average Bonchev–Trinajstić information content (AvgIpc) is 2.94. The Hall–Kier alpha value is -4.43. The van der Waals surface area contributed by atoms with Crippen molar-refractivity contribution in [1.29, 1.82) is 0 Å². The van der Waals surface area contributed by atoms with E-state index < -0.39 is 34.1 Å². The lowest BCUT2D eigenvalue weighted by atomic mass is 9.84. The molecule has 0 saturated carbocycles. The summed E-state index contributed by atoms with van der Waals surface area (Å²) >= 11 is 28.8. The Morgan fingerprint density at radius 1 is 0.267 bits per heavy atom. The quantitative estimate of drug-likeness (QED) is 0.105. The maximum absolute atomic E-state index is 13.6. The van der Waals surface area contributed by atoms with E-state index >= 15 is 0 Å². The third-order valence-corrected chi connectivity index (χ3v) is 14.8. The number of aryl methyl sites for hydroxylation is 5. The summed E-state index contributed by atoms with van der Waals surface area (Å²) < 4.78 is 80.3. The second kappa shape index (κ2) is 32.4. The summed E-state index contributed by atoms with van der Waals surface area (Å²) in [5, 5.41) is 2.01. The van der Waals surface area contributed by atoms with Crippen molar-refractivity contribution in [1.82, 2.24) is 0 Å². The largest absolute Gasteiger partial charge is 0.207 e. The Morgan fingerprint density at radius 3 is 0.930 bits per heavy atom. The van der Waals surface area contributed by atoms with Crippen LogP contribution in [0.5, 0.6) is 0 Å². The minimum atomic E-state index is -0.658. The molecular formula is C75H97Cl5F6. The molecule has 0 aliphatic heterocycles. The molecule has 86 heavy (non-hydrogen) atoms. The van der Waals surface area contributed by atoms with E-state index in [1.807, 2.05) is 66.7 Å². The lowest BCUT2D eigenvalue weighted by Crippen LogP contribution is -2.16. The summed E-state index contributed by atoms with van der Waals surface area (Å²) in [5.74, 6) is -2.69. The fourth-order valence-electron chi connectivity index (χ4n) is 9.14. The summed E-state index contributed by atoms with van der Waals surface area (Å²) in [4.78, 5) is 0. The Labute approximate surface area is 540 Å². The molecule has 7 rings (SSSR count). The maximum Gasteiger partial charge on any atom is 0.148 e. The van der Waals surface area contributed by atoms with E-state index in [2.05, 4.69) is 132 Å². The van der Waals surface area contributed by atoms with E-state index in [0.717, 1.165) is 15.6 Å². The van der Waals surface area contributed by atoms with Crippen LogP contribution in [0.1, 0.15) is 212 Å². The van der Waals surface area contributed by atoms with Gasteiger partial charge < -0.3 is 0 Å². The molecule has 0 amide bonds. The molecule has 0 N–H and O–H groups in total. The predicted molar refractivity (Wildman–Crippen MR) is 364 cm³/mol. The van der Waals surface area contributed by atoms with E-state index in [9.17, 15) is 26.3 Å². The summed E-state index contributed by atoms with van der Waals surface area (Å²) in [6.45, 7) is 52.3. The number of hydrogen-bond donors (Lipinski definition) is 0. The summed E-state index contributed by atoms with van der Waals surface area (Å²) in [6.07, 6.45) is 0. The number of rotatable bonds is 0. The van der Waals surface area contributed by atoms with Crippen molar-refractivity contribution in [3.05, 3.63) is 242 Å². The Bertz CT molecular complexity index is 3120. The molecule has 0 spiro atoms. The van der Waals surface area contributed by atoms with Crippen molar-refractivity contribution in [2.24, 2.45) is 0 Å². The first kappa shape index (κ1) is 79.6. The van der Waals surface area contributed by atoms with Crippen molar-refractivity contribution in [3.63, 3.8) is 0 Å². The molecule has 474 valence electrons. The monoisotopic (exact) mass is 1290 g/mol. The van der Waals surface area contributed by atoms with E-state index in [-0.39, 0.29) is 64.9 Å². The zero-order valence-corrected chi connectivity index (χ0v) is 59.9. The molecule has 0 nitrogen and oxygen atoms in total. The van der Waals surface area contributed by atoms with Crippen LogP contribution in [0, 0.1) is 69.5 Å². The minimum absolute atomic E-state index is 0.0358. The van der Waals surface area contributed by atoms with Crippen LogP contribution in [0.2, 0.25) is 25.1 Å². The highest BCUT2D eigenvalue weighted by Gasteiger charge is 2.26. The molecule has 0 aliphatic carbocycles. The molecule has 7 aromatic rings. The molecule has 0 heterocycles. The second-order valence-corrected chi connectivity index (χ2v) is 31.1. The van der Waals surface area contributed by atoms with Gasteiger partial charge in [-0.05, 0) is 183 Å². The third kappa shape index (κ3) is 26.0. The second-order valence-electron chi connectivity index (χ2n) is 29.0. The van der Waals surface area contributed by atoms with E-state index in [1.165, 1.54) is 57.6 Å². The molecular weight excluding hydrogens is 1190 g/mol. The SMILES string of the molecule is CC(C)(C)c1c(F)ccc(Cl)c1F.CC(C)(C)c1cccc(Cl)c1F.Cc1cc(F)c(C(C)(C)C)c(F)c1.Cc1ccc(C(C)(C)C)cc1.Cc1ccc(Cl)c(F)c1C(C)(C)C.Cc1ccc(Cl)cc1C(C)(C)C.Cc1ccc(Cl)cc1C(C)(C)C. The highest BCUT2D eigenvalue weighted by molar-refractivity contribution is 6.32. The van der Waals surface area contributed by atoms with Gasteiger partial charge in [0.15, 0.2) is 0 Å². The van der Waals surface area contributed by atoms with Crippen LogP contribution in [0.15, 0.2) is 115 Å². The van der Waals surface area contributed by atoms with Crippen molar-refractivity contribution >= 4 is 58.0 Å². The lowest BCUT2D eigenvalue weighted by Gasteiger charge is -2.22. The number of benzene rings is 7. The Kier molecular flexibility index (Phi) is 29.9. The first-order chi connectivity index (χ1) is 38.7. The van der Waals surface area contributed by atoms with Crippen LogP contribution in [0.3, 0.4) is 0 Å². The van der Waals surface area contributed by atoms with Crippen LogP contribution >= 0.6 is 58.0 Å². The van der Waals surface area contributed by atoms with Crippen LogP contribution in [0.25, 0.3) is 0 Å². The lowest BCUT2D eigenvalue weighted by molar-refractivity contribution is 0.474. The van der Waals surface area contributed by atoms with Gasteiger partial charge in [0.1, 0.15) is 34.9 Å². The van der Waals surface area contributed by atoms with Gasteiger partial charge in [-0.1, -0.05) is 264 Å². The summed E-state index contributed by atoms with van der Waals surface area (Å²) in [5.41, 5.74) is 10.4. The molecule has 0 fully saturated rings. The topological polar surface area (TPSA) is 0 Å². The van der Waals surface area contributed by atoms with E-state index in [0.29, 0.717) is 16.7 Å². The number of hydrogen-bond acceptors (Lipinski definition) is 0. The normalized spacial score (nSPS) is 11.8. The molecule has 0 saturated heterocycles. The predicted octanol–water partition coefficient (Wildman–Crippen LogP) is 26.5. The van der Waals surface area contributed by atoms with E-state index in [4.69, 9.17) is 58.0 Å².